The maximum atomic E-state index is 13.4. The summed E-state index contributed by atoms with van der Waals surface area (Å²) in [6, 6.07) is 6.97. The third-order valence-electron chi connectivity index (χ3n) is 5.79. The first-order chi connectivity index (χ1) is 12.1. The van der Waals surface area contributed by atoms with Gasteiger partial charge in [-0.25, -0.2) is 4.39 Å². The van der Waals surface area contributed by atoms with Crippen molar-refractivity contribution in [3.8, 4) is 0 Å². The summed E-state index contributed by atoms with van der Waals surface area (Å²) < 4.78 is 18.9. The van der Waals surface area contributed by atoms with E-state index in [1.807, 2.05) is 19.2 Å². The molecule has 2 heterocycles. The van der Waals surface area contributed by atoms with Crippen molar-refractivity contribution in [3.05, 3.63) is 35.6 Å². The van der Waals surface area contributed by atoms with Gasteiger partial charge in [-0.05, 0) is 49.3 Å². The molecule has 2 saturated heterocycles. The average molecular weight is 475 g/mol. The van der Waals surface area contributed by atoms with Gasteiger partial charge in [0.25, 0.3) is 0 Å². The van der Waals surface area contributed by atoms with Crippen LogP contribution in [0.4, 0.5) is 4.39 Å². The molecule has 1 aromatic carbocycles. The molecule has 3 rings (SSSR count). The second-order valence-electron chi connectivity index (χ2n) is 7.47. The molecule has 146 valence electrons. The fraction of sp³-hybridized carbons (Fsp3) is 0.650. The van der Waals surface area contributed by atoms with Gasteiger partial charge in [0.1, 0.15) is 5.82 Å². The molecule has 6 heteroatoms. The van der Waals surface area contributed by atoms with Crippen molar-refractivity contribution in [2.24, 2.45) is 10.9 Å². The van der Waals surface area contributed by atoms with E-state index in [9.17, 15) is 4.39 Å². The highest BCUT2D eigenvalue weighted by Crippen LogP contribution is 2.34. The van der Waals surface area contributed by atoms with E-state index in [0.717, 1.165) is 57.6 Å². The van der Waals surface area contributed by atoms with Crippen molar-refractivity contribution in [1.82, 2.24) is 10.2 Å². The summed E-state index contributed by atoms with van der Waals surface area (Å²) in [4.78, 5) is 6.86. The second-order valence-corrected chi connectivity index (χ2v) is 7.47. The number of rotatable bonds is 3. The Morgan fingerprint density at radius 3 is 2.42 bits per heavy atom. The van der Waals surface area contributed by atoms with Gasteiger partial charge in [0.2, 0.25) is 0 Å². The molecule has 1 N–H and O–H groups in total. The third kappa shape index (κ3) is 5.09. The molecular formula is C20H31FIN3O. The number of guanidine groups is 1. The Hall–Kier alpha value is -0.890. The zero-order valence-electron chi connectivity index (χ0n) is 15.8. The highest BCUT2D eigenvalue weighted by atomic mass is 127. The quantitative estimate of drug-likeness (QED) is 0.411. The highest BCUT2D eigenvalue weighted by molar-refractivity contribution is 14.0. The Bertz CT molecular complexity index is 579. The van der Waals surface area contributed by atoms with Gasteiger partial charge in [0.05, 0.1) is 0 Å². The second kappa shape index (κ2) is 9.88. The van der Waals surface area contributed by atoms with E-state index in [1.165, 1.54) is 18.4 Å². The standard InChI is InChI=1S/C20H30FN3O.HI/c1-16-7-11-24(12-8-16)19(22-2)23-15-20(9-13-25-14-10-20)17-3-5-18(21)6-4-17;/h3-6,16H,7-15H2,1-2H3,(H,22,23);1H. The van der Waals surface area contributed by atoms with Gasteiger partial charge in [0, 0.05) is 45.3 Å². The molecule has 0 unspecified atom stereocenters. The minimum absolute atomic E-state index is 0. The van der Waals surface area contributed by atoms with Crippen LogP contribution >= 0.6 is 24.0 Å². The summed E-state index contributed by atoms with van der Waals surface area (Å²) in [5.41, 5.74) is 1.16. The lowest BCUT2D eigenvalue weighted by Crippen LogP contribution is -2.51. The molecule has 2 aliphatic heterocycles. The summed E-state index contributed by atoms with van der Waals surface area (Å²) >= 11 is 0. The number of likely N-dealkylation sites (tertiary alicyclic amines) is 1. The smallest absolute Gasteiger partial charge is 0.193 e. The van der Waals surface area contributed by atoms with Gasteiger partial charge in [-0.1, -0.05) is 19.1 Å². The van der Waals surface area contributed by atoms with Crippen LogP contribution in [0, 0.1) is 11.7 Å². The summed E-state index contributed by atoms with van der Waals surface area (Å²) in [6.07, 6.45) is 4.33. The molecular weight excluding hydrogens is 444 g/mol. The Morgan fingerprint density at radius 2 is 1.85 bits per heavy atom. The largest absolute Gasteiger partial charge is 0.381 e. The Kier molecular flexibility index (Phi) is 8.13. The van der Waals surface area contributed by atoms with Gasteiger partial charge in [-0.3, -0.25) is 4.99 Å². The topological polar surface area (TPSA) is 36.9 Å². The maximum absolute atomic E-state index is 13.4. The van der Waals surface area contributed by atoms with Crippen LogP contribution in [0.3, 0.4) is 0 Å². The lowest BCUT2D eigenvalue weighted by atomic mass is 9.74. The summed E-state index contributed by atoms with van der Waals surface area (Å²) in [6.45, 7) is 6.75. The van der Waals surface area contributed by atoms with Crippen molar-refractivity contribution in [1.29, 1.82) is 0 Å². The summed E-state index contributed by atoms with van der Waals surface area (Å²) in [7, 11) is 1.86. The molecule has 0 bridgehead atoms. The molecule has 2 aliphatic rings. The predicted molar refractivity (Wildman–Crippen MR) is 115 cm³/mol. The number of aliphatic imine (C=N–C) groups is 1. The molecule has 2 fully saturated rings. The van der Waals surface area contributed by atoms with E-state index in [-0.39, 0.29) is 35.2 Å². The molecule has 0 radical (unpaired) electrons. The number of nitrogens with zero attached hydrogens (tertiary/aromatic N) is 2. The fourth-order valence-corrected chi connectivity index (χ4v) is 3.93. The molecule has 0 aromatic heterocycles. The van der Waals surface area contributed by atoms with Crippen molar-refractivity contribution >= 4 is 29.9 Å². The molecule has 4 nitrogen and oxygen atoms in total. The lowest BCUT2D eigenvalue weighted by molar-refractivity contribution is 0.0511. The molecule has 0 amide bonds. The van der Waals surface area contributed by atoms with Crippen LogP contribution in [0.2, 0.25) is 0 Å². The van der Waals surface area contributed by atoms with E-state index < -0.39 is 0 Å². The molecule has 0 aliphatic carbocycles. The predicted octanol–water partition coefficient (Wildman–Crippen LogP) is 3.80. The van der Waals surface area contributed by atoms with Crippen molar-refractivity contribution < 1.29 is 9.13 Å². The zero-order valence-corrected chi connectivity index (χ0v) is 18.2. The Morgan fingerprint density at radius 1 is 1.23 bits per heavy atom. The lowest BCUT2D eigenvalue weighted by Gasteiger charge is -2.40. The zero-order chi connectivity index (χ0) is 17.7. The Balaban J connectivity index is 0.00000243. The maximum Gasteiger partial charge on any atom is 0.193 e. The number of nitrogens with one attached hydrogen (secondary N) is 1. The van der Waals surface area contributed by atoms with Gasteiger partial charge >= 0.3 is 0 Å². The highest BCUT2D eigenvalue weighted by Gasteiger charge is 2.35. The monoisotopic (exact) mass is 475 g/mol. The van der Waals surface area contributed by atoms with Crippen LogP contribution in [-0.2, 0) is 10.2 Å². The number of benzene rings is 1. The van der Waals surface area contributed by atoms with E-state index in [4.69, 9.17) is 4.74 Å². The average Bonchev–Trinajstić information content (AvgIpc) is 2.65. The summed E-state index contributed by atoms with van der Waals surface area (Å²) in [5, 5.41) is 3.60. The first-order valence-electron chi connectivity index (χ1n) is 9.42. The number of hydrogen-bond acceptors (Lipinski definition) is 2. The minimum Gasteiger partial charge on any atom is -0.381 e. The molecule has 1 aromatic rings. The van der Waals surface area contributed by atoms with Crippen LogP contribution < -0.4 is 5.32 Å². The van der Waals surface area contributed by atoms with Gasteiger partial charge < -0.3 is 15.0 Å². The molecule has 26 heavy (non-hydrogen) atoms. The minimum atomic E-state index is -0.183. The van der Waals surface area contributed by atoms with Crippen molar-refractivity contribution in [3.63, 3.8) is 0 Å². The van der Waals surface area contributed by atoms with E-state index >= 15 is 0 Å². The first-order valence-corrected chi connectivity index (χ1v) is 9.42. The SMILES string of the molecule is CN=C(NCC1(c2ccc(F)cc2)CCOCC1)N1CCC(C)CC1.I. The first kappa shape index (κ1) is 21.4. The van der Waals surface area contributed by atoms with Crippen LogP contribution in [-0.4, -0.2) is 50.8 Å². The fourth-order valence-electron chi connectivity index (χ4n) is 3.93. The number of ether oxygens (including phenoxy) is 1. The number of halogens is 2. The number of hydrogen-bond donors (Lipinski definition) is 1. The van der Waals surface area contributed by atoms with Crippen LogP contribution in [0.25, 0.3) is 0 Å². The van der Waals surface area contributed by atoms with Crippen LogP contribution in [0.15, 0.2) is 29.3 Å². The van der Waals surface area contributed by atoms with E-state index in [2.05, 4.69) is 22.1 Å². The van der Waals surface area contributed by atoms with Crippen molar-refractivity contribution in [2.75, 3.05) is 39.9 Å². The van der Waals surface area contributed by atoms with Gasteiger partial charge in [-0.15, -0.1) is 24.0 Å². The normalized spacial score (nSPS) is 21.2. The van der Waals surface area contributed by atoms with Crippen LogP contribution in [0.1, 0.15) is 38.2 Å². The number of piperidine rings is 1. The van der Waals surface area contributed by atoms with E-state index in [0.29, 0.717) is 0 Å². The molecule has 0 saturated carbocycles. The Labute approximate surface area is 173 Å². The third-order valence-corrected chi connectivity index (χ3v) is 5.79. The molecule has 0 atom stereocenters. The van der Waals surface area contributed by atoms with Gasteiger partial charge in [-0.2, -0.15) is 0 Å². The van der Waals surface area contributed by atoms with Gasteiger partial charge in [0.15, 0.2) is 5.96 Å². The van der Waals surface area contributed by atoms with E-state index in [1.54, 1.807) is 12.1 Å². The summed E-state index contributed by atoms with van der Waals surface area (Å²) in [5.74, 6) is 1.60. The van der Waals surface area contributed by atoms with Crippen LogP contribution in [0.5, 0.6) is 0 Å². The molecule has 0 spiro atoms. The van der Waals surface area contributed by atoms with Crippen molar-refractivity contribution in [2.45, 2.75) is 38.0 Å².